The molecule has 1 aromatic carbocycles. The van der Waals surface area contributed by atoms with Crippen molar-refractivity contribution in [2.45, 2.75) is 32.1 Å². The van der Waals surface area contributed by atoms with Gasteiger partial charge in [0.2, 0.25) is 0 Å². The van der Waals surface area contributed by atoms with Crippen LogP contribution in [0.4, 0.5) is 0 Å². The molecule has 0 saturated carbocycles. The minimum Gasteiger partial charge on any atom is -0.320 e. The average molecular weight is 298 g/mol. The summed E-state index contributed by atoms with van der Waals surface area (Å²) in [6.45, 7) is 5.86. The molecule has 3 rings (SSSR count). The Labute approximate surface area is 133 Å². The van der Waals surface area contributed by atoms with E-state index < -0.39 is 0 Å². The molecule has 0 N–H and O–H groups in total. The molecular weight excluding hydrogens is 272 g/mol. The molecule has 0 radical (unpaired) electrons. The van der Waals surface area contributed by atoms with Gasteiger partial charge in [-0.25, -0.2) is 0 Å². The Balaban J connectivity index is 1.55. The molecule has 2 atom stereocenters. The molecule has 1 fully saturated rings. The van der Waals surface area contributed by atoms with Crippen LogP contribution in [0.1, 0.15) is 37.1 Å². The summed E-state index contributed by atoms with van der Waals surface area (Å²) in [5.41, 5.74) is 1.44. The maximum atomic E-state index is 4.31. The first kappa shape index (κ1) is 15.2. The van der Waals surface area contributed by atoms with Crippen LogP contribution in [0.25, 0.3) is 0 Å². The summed E-state index contributed by atoms with van der Waals surface area (Å²) in [7, 11) is 2.05. The van der Waals surface area contributed by atoms with Crippen LogP contribution in [-0.2, 0) is 13.5 Å². The van der Waals surface area contributed by atoms with Gasteiger partial charge in [-0.1, -0.05) is 37.3 Å². The predicted octanol–water partition coefficient (Wildman–Crippen LogP) is 2.87. The summed E-state index contributed by atoms with van der Waals surface area (Å²) in [5, 5.41) is 8.34. The first-order valence-corrected chi connectivity index (χ1v) is 8.32. The highest BCUT2D eigenvalue weighted by molar-refractivity contribution is 5.15. The number of rotatable bonds is 5. The number of aromatic nitrogens is 3. The molecule has 118 valence electrons. The van der Waals surface area contributed by atoms with Crippen LogP contribution in [0.3, 0.4) is 0 Å². The van der Waals surface area contributed by atoms with Crippen molar-refractivity contribution in [2.75, 3.05) is 19.6 Å². The van der Waals surface area contributed by atoms with Gasteiger partial charge in [-0.15, -0.1) is 10.2 Å². The van der Waals surface area contributed by atoms with Crippen LogP contribution in [0.15, 0.2) is 36.7 Å². The van der Waals surface area contributed by atoms with Gasteiger partial charge < -0.3 is 9.47 Å². The topological polar surface area (TPSA) is 34.0 Å². The molecule has 1 aliphatic rings. The third-order valence-electron chi connectivity index (χ3n) is 4.61. The van der Waals surface area contributed by atoms with Gasteiger partial charge in [0, 0.05) is 26.1 Å². The molecule has 1 saturated heterocycles. The number of hydrogen-bond acceptors (Lipinski definition) is 3. The van der Waals surface area contributed by atoms with Crippen molar-refractivity contribution in [2.24, 2.45) is 13.0 Å². The number of piperidine rings is 1. The smallest absolute Gasteiger partial charge is 0.136 e. The van der Waals surface area contributed by atoms with Crippen molar-refractivity contribution < 1.29 is 0 Å². The van der Waals surface area contributed by atoms with Crippen molar-refractivity contribution in [1.29, 1.82) is 0 Å². The van der Waals surface area contributed by atoms with E-state index in [0.717, 1.165) is 18.8 Å². The Hall–Kier alpha value is -1.68. The lowest BCUT2D eigenvalue weighted by Crippen LogP contribution is -2.38. The van der Waals surface area contributed by atoms with Crippen LogP contribution in [-0.4, -0.2) is 39.3 Å². The summed E-state index contributed by atoms with van der Waals surface area (Å²) >= 11 is 0. The number of hydrogen-bond donors (Lipinski definition) is 0. The molecule has 1 aliphatic heterocycles. The second kappa shape index (κ2) is 7.05. The Morgan fingerprint density at radius 1 is 1.27 bits per heavy atom. The van der Waals surface area contributed by atoms with E-state index in [4.69, 9.17) is 0 Å². The molecule has 22 heavy (non-hydrogen) atoms. The SMILES string of the molecule is C[C@@H](Cc1ccccc1)CN1CCC[C@@H](c2nncn2C)C1. The monoisotopic (exact) mass is 298 g/mol. The molecule has 0 unspecified atom stereocenters. The van der Waals surface area contributed by atoms with Crippen molar-refractivity contribution in [3.63, 3.8) is 0 Å². The number of nitrogens with zero attached hydrogens (tertiary/aromatic N) is 4. The van der Waals surface area contributed by atoms with Crippen molar-refractivity contribution >= 4 is 0 Å². The Morgan fingerprint density at radius 2 is 2.09 bits per heavy atom. The predicted molar refractivity (Wildman–Crippen MR) is 88.7 cm³/mol. The Kier molecular flexibility index (Phi) is 4.88. The van der Waals surface area contributed by atoms with Crippen molar-refractivity contribution in [1.82, 2.24) is 19.7 Å². The molecule has 4 heteroatoms. The summed E-state index contributed by atoms with van der Waals surface area (Å²) in [6.07, 6.45) is 5.46. The maximum Gasteiger partial charge on any atom is 0.136 e. The van der Waals surface area contributed by atoms with Crippen molar-refractivity contribution in [3.8, 4) is 0 Å². The van der Waals surface area contributed by atoms with Crippen LogP contribution >= 0.6 is 0 Å². The van der Waals surface area contributed by atoms with Gasteiger partial charge in [0.25, 0.3) is 0 Å². The fraction of sp³-hybridized carbons (Fsp3) is 0.556. The van der Waals surface area contributed by atoms with Gasteiger partial charge in [-0.2, -0.15) is 0 Å². The van der Waals surface area contributed by atoms with Crippen LogP contribution in [0.2, 0.25) is 0 Å². The van der Waals surface area contributed by atoms with E-state index in [1.54, 1.807) is 0 Å². The lowest BCUT2D eigenvalue weighted by Gasteiger charge is -2.33. The van der Waals surface area contributed by atoms with E-state index in [-0.39, 0.29) is 0 Å². The second-order valence-corrected chi connectivity index (χ2v) is 6.69. The standard InChI is InChI=1S/C18H26N4/c1-15(11-16-7-4-3-5-8-16)12-22-10-6-9-17(13-22)18-20-19-14-21(18)2/h3-5,7-8,14-15,17H,6,9-13H2,1-2H3/t15-,17+/m0/s1. The number of aryl methyl sites for hydroxylation is 1. The molecule has 0 bridgehead atoms. The molecule has 0 aliphatic carbocycles. The zero-order valence-electron chi connectivity index (χ0n) is 13.7. The number of likely N-dealkylation sites (tertiary alicyclic amines) is 1. The van der Waals surface area contributed by atoms with Crippen LogP contribution in [0, 0.1) is 5.92 Å². The summed E-state index contributed by atoms with van der Waals surface area (Å²) in [4.78, 5) is 2.61. The Morgan fingerprint density at radius 3 is 2.82 bits per heavy atom. The highest BCUT2D eigenvalue weighted by Gasteiger charge is 2.25. The maximum absolute atomic E-state index is 4.31. The zero-order chi connectivity index (χ0) is 15.4. The van der Waals surface area contributed by atoms with Gasteiger partial charge in [0.1, 0.15) is 12.2 Å². The van der Waals surface area contributed by atoms with Gasteiger partial charge in [-0.3, -0.25) is 0 Å². The van der Waals surface area contributed by atoms with E-state index in [0.29, 0.717) is 11.8 Å². The minimum atomic E-state index is 0.533. The largest absolute Gasteiger partial charge is 0.320 e. The fourth-order valence-electron chi connectivity index (χ4n) is 3.62. The highest BCUT2D eigenvalue weighted by atomic mass is 15.3. The van der Waals surface area contributed by atoms with Crippen LogP contribution < -0.4 is 0 Å². The molecule has 2 aromatic rings. The molecule has 2 heterocycles. The third-order valence-corrected chi connectivity index (χ3v) is 4.61. The molecule has 0 spiro atoms. The lowest BCUT2D eigenvalue weighted by atomic mass is 9.95. The Bertz CT molecular complexity index is 578. The normalized spacial score (nSPS) is 20.9. The van der Waals surface area contributed by atoms with Crippen molar-refractivity contribution in [3.05, 3.63) is 48.0 Å². The third kappa shape index (κ3) is 3.74. The summed E-state index contributed by atoms with van der Waals surface area (Å²) < 4.78 is 2.07. The number of benzene rings is 1. The first-order valence-electron chi connectivity index (χ1n) is 8.32. The highest BCUT2D eigenvalue weighted by Crippen LogP contribution is 2.25. The fourth-order valence-corrected chi connectivity index (χ4v) is 3.62. The van der Waals surface area contributed by atoms with Gasteiger partial charge >= 0.3 is 0 Å². The van der Waals surface area contributed by atoms with E-state index in [1.807, 2.05) is 13.4 Å². The van der Waals surface area contributed by atoms with E-state index in [1.165, 1.54) is 31.5 Å². The van der Waals surface area contributed by atoms with Gasteiger partial charge in [-0.05, 0) is 37.3 Å². The lowest BCUT2D eigenvalue weighted by molar-refractivity contribution is 0.179. The summed E-state index contributed by atoms with van der Waals surface area (Å²) in [6, 6.07) is 10.8. The quantitative estimate of drug-likeness (QED) is 0.851. The van der Waals surface area contributed by atoms with Crippen LogP contribution in [0.5, 0.6) is 0 Å². The molecule has 1 aromatic heterocycles. The first-order chi connectivity index (χ1) is 10.7. The van der Waals surface area contributed by atoms with E-state index in [2.05, 4.69) is 56.9 Å². The van der Waals surface area contributed by atoms with E-state index >= 15 is 0 Å². The zero-order valence-corrected chi connectivity index (χ0v) is 13.7. The molecular formula is C18H26N4. The minimum absolute atomic E-state index is 0.533. The second-order valence-electron chi connectivity index (χ2n) is 6.69. The molecule has 0 amide bonds. The van der Waals surface area contributed by atoms with Gasteiger partial charge in [0.15, 0.2) is 0 Å². The van der Waals surface area contributed by atoms with E-state index in [9.17, 15) is 0 Å². The summed E-state index contributed by atoms with van der Waals surface area (Å²) in [5.74, 6) is 2.35. The average Bonchev–Trinajstić information content (AvgIpc) is 2.94. The molecule has 4 nitrogen and oxygen atoms in total. The van der Waals surface area contributed by atoms with Gasteiger partial charge in [0.05, 0.1) is 0 Å².